The van der Waals surface area contributed by atoms with Crippen LogP contribution in [0.25, 0.3) is 0 Å². The van der Waals surface area contributed by atoms with Crippen LogP contribution in [0.1, 0.15) is 50.6 Å². The van der Waals surface area contributed by atoms with Gasteiger partial charge in [0.15, 0.2) is 0 Å². The third-order valence-corrected chi connectivity index (χ3v) is 6.83. The number of hydrogen-bond acceptors (Lipinski definition) is 4. The standard InChI is InChI=1S/C30H30F3N3O3/c1-20-9-10-24(17-21(20)2)26-18-27(22-7-5-4-6-8-22)36(34-26)28(37)19-35(15-16-39-3)29(38)23-11-13-25(14-12-23)30(31,32)33/h4-14,17,27H,15-16,18-19H2,1-3H3. The summed E-state index contributed by atoms with van der Waals surface area (Å²) < 4.78 is 44.1. The molecule has 0 fully saturated rings. The van der Waals surface area contributed by atoms with Gasteiger partial charge in [-0.3, -0.25) is 9.59 Å². The summed E-state index contributed by atoms with van der Waals surface area (Å²) in [5.74, 6) is -0.970. The van der Waals surface area contributed by atoms with E-state index in [2.05, 4.69) is 0 Å². The molecule has 1 aliphatic heterocycles. The molecule has 1 unspecified atom stereocenters. The van der Waals surface area contributed by atoms with Crippen LogP contribution in [0.5, 0.6) is 0 Å². The Kier molecular flexibility index (Phi) is 8.50. The van der Waals surface area contributed by atoms with Gasteiger partial charge in [0.05, 0.1) is 23.9 Å². The molecule has 3 aromatic rings. The van der Waals surface area contributed by atoms with Crippen molar-refractivity contribution in [3.8, 4) is 0 Å². The summed E-state index contributed by atoms with van der Waals surface area (Å²) in [7, 11) is 1.47. The van der Waals surface area contributed by atoms with E-state index in [0.717, 1.165) is 52.2 Å². The number of nitrogens with zero attached hydrogens (tertiary/aromatic N) is 3. The zero-order valence-electron chi connectivity index (χ0n) is 22.0. The van der Waals surface area contributed by atoms with Gasteiger partial charge < -0.3 is 9.64 Å². The summed E-state index contributed by atoms with van der Waals surface area (Å²) in [6.45, 7) is 3.97. The Hall–Kier alpha value is -3.98. The van der Waals surface area contributed by atoms with Gasteiger partial charge in [-0.05, 0) is 66.4 Å². The van der Waals surface area contributed by atoms with E-state index in [1.54, 1.807) is 0 Å². The first-order chi connectivity index (χ1) is 18.6. The lowest BCUT2D eigenvalue weighted by atomic mass is 9.96. The second-order valence-electron chi connectivity index (χ2n) is 9.51. The Morgan fingerprint density at radius 1 is 1.00 bits per heavy atom. The van der Waals surface area contributed by atoms with Crippen LogP contribution < -0.4 is 0 Å². The Balaban J connectivity index is 1.61. The van der Waals surface area contributed by atoms with Crippen molar-refractivity contribution in [2.24, 2.45) is 5.10 Å². The number of aryl methyl sites for hydroxylation is 2. The minimum Gasteiger partial charge on any atom is -0.383 e. The first kappa shape index (κ1) is 28.0. The van der Waals surface area contributed by atoms with Gasteiger partial charge in [0.2, 0.25) is 0 Å². The highest BCUT2D eigenvalue weighted by Crippen LogP contribution is 2.33. The second-order valence-corrected chi connectivity index (χ2v) is 9.51. The van der Waals surface area contributed by atoms with Crippen LogP contribution in [0.4, 0.5) is 13.2 Å². The van der Waals surface area contributed by atoms with Gasteiger partial charge >= 0.3 is 6.18 Å². The Morgan fingerprint density at radius 3 is 2.31 bits per heavy atom. The molecule has 0 radical (unpaired) electrons. The molecule has 2 amide bonds. The van der Waals surface area contributed by atoms with Crippen LogP contribution in [0.3, 0.4) is 0 Å². The fourth-order valence-electron chi connectivity index (χ4n) is 4.44. The summed E-state index contributed by atoms with van der Waals surface area (Å²) in [6.07, 6.45) is -4.01. The molecule has 9 heteroatoms. The van der Waals surface area contributed by atoms with Crippen LogP contribution in [-0.2, 0) is 15.7 Å². The predicted molar refractivity (Wildman–Crippen MR) is 142 cm³/mol. The lowest BCUT2D eigenvalue weighted by Crippen LogP contribution is -2.42. The lowest BCUT2D eigenvalue weighted by Gasteiger charge is -2.27. The molecule has 1 aliphatic rings. The molecule has 204 valence electrons. The first-order valence-corrected chi connectivity index (χ1v) is 12.6. The maximum Gasteiger partial charge on any atom is 0.416 e. The van der Waals surface area contributed by atoms with Crippen molar-refractivity contribution in [2.45, 2.75) is 32.5 Å². The Labute approximate surface area is 225 Å². The van der Waals surface area contributed by atoms with Crippen LogP contribution in [0.15, 0.2) is 77.9 Å². The molecule has 0 saturated carbocycles. The number of hydrazone groups is 1. The SMILES string of the molecule is COCCN(CC(=O)N1N=C(c2ccc(C)c(C)c2)CC1c1ccccc1)C(=O)c1ccc(C(F)(F)F)cc1. The van der Waals surface area contributed by atoms with E-state index in [1.807, 2.05) is 62.4 Å². The number of hydrogen-bond donors (Lipinski definition) is 0. The number of benzene rings is 3. The molecule has 0 spiro atoms. The van der Waals surface area contributed by atoms with E-state index >= 15 is 0 Å². The first-order valence-electron chi connectivity index (χ1n) is 12.6. The van der Waals surface area contributed by atoms with Crippen molar-refractivity contribution in [3.05, 3.63) is 106 Å². The summed E-state index contributed by atoms with van der Waals surface area (Å²) in [5.41, 5.74) is 4.06. The topological polar surface area (TPSA) is 62.2 Å². The number of carbonyl (C=O) groups is 2. The van der Waals surface area contributed by atoms with Gasteiger partial charge in [-0.15, -0.1) is 0 Å². The minimum atomic E-state index is -4.51. The quantitative estimate of drug-likeness (QED) is 0.366. The lowest BCUT2D eigenvalue weighted by molar-refractivity contribution is -0.137. The zero-order valence-corrected chi connectivity index (χ0v) is 22.0. The molecule has 0 saturated heterocycles. The molecule has 0 aliphatic carbocycles. The van der Waals surface area contributed by atoms with E-state index in [9.17, 15) is 22.8 Å². The fraction of sp³-hybridized carbons (Fsp3) is 0.300. The maximum atomic E-state index is 13.7. The number of rotatable bonds is 8. The average molecular weight is 538 g/mol. The van der Waals surface area contributed by atoms with E-state index in [1.165, 1.54) is 17.0 Å². The van der Waals surface area contributed by atoms with Crippen molar-refractivity contribution in [2.75, 3.05) is 26.8 Å². The molecule has 3 aromatic carbocycles. The van der Waals surface area contributed by atoms with Crippen molar-refractivity contribution in [1.82, 2.24) is 9.91 Å². The molecule has 39 heavy (non-hydrogen) atoms. The predicted octanol–water partition coefficient (Wildman–Crippen LogP) is 5.79. The number of carbonyl (C=O) groups excluding carboxylic acids is 2. The van der Waals surface area contributed by atoms with Gasteiger partial charge in [-0.25, -0.2) is 5.01 Å². The largest absolute Gasteiger partial charge is 0.416 e. The van der Waals surface area contributed by atoms with Crippen LogP contribution in [-0.4, -0.2) is 54.2 Å². The van der Waals surface area contributed by atoms with Gasteiger partial charge in [0, 0.05) is 25.6 Å². The maximum absolute atomic E-state index is 13.7. The third kappa shape index (κ3) is 6.54. The molecule has 0 aromatic heterocycles. The summed E-state index contributed by atoms with van der Waals surface area (Å²) in [6, 6.07) is 19.2. The van der Waals surface area contributed by atoms with Crippen molar-refractivity contribution in [3.63, 3.8) is 0 Å². The molecule has 6 nitrogen and oxygen atoms in total. The van der Waals surface area contributed by atoms with Crippen molar-refractivity contribution in [1.29, 1.82) is 0 Å². The van der Waals surface area contributed by atoms with Gasteiger partial charge in [-0.1, -0.05) is 42.5 Å². The molecule has 1 heterocycles. The normalized spacial score (nSPS) is 15.3. The van der Waals surface area contributed by atoms with Crippen LogP contribution in [0.2, 0.25) is 0 Å². The summed E-state index contributed by atoms with van der Waals surface area (Å²) in [5, 5.41) is 6.11. The smallest absolute Gasteiger partial charge is 0.383 e. The average Bonchev–Trinajstić information content (AvgIpc) is 3.38. The number of methoxy groups -OCH3 is 1. The van der Waals surface area contributed by atoms with Gasteiger partial charge in [0.25, 0.3) is 11.8 Å². The number of halogens is 3. The molecule has 0 bridgehead atoms. The van der Waals surface area contributed by atoms with Crippen molar-refractivity contribution >= 4 is 17.5 Å². The molecular weight excluding hydrogens is 507 g/mol. The highest BCUT2D eigenvalue weighted by atomic mass is 19.4. The summed E-state index contributed by atoms with van der Waals surface area (Å²) >= 11 is 0. The molecule has 1 atom stereocenters. The van der Waals surface area contributed by atoms with E-state index in [-0.39, 0.29) is 31.3 Å². The summed E-state index contributed by atoms with van der Waals surface area (Å²) in [4.78, 5) is 28.2. The fourth-order valence-corrected chi connectivity index (χ4v) is 4.44. The van der Waals surface area contributed by atoms with Crippen molar-refractivity contribution < 1.29 is 27.5 Å². The number of ether oxygens (including phenoxy) is 1. The molecular formula is C30H30F3N3O3. The number of amides is 2. The van der Waals surface area contributed by atoms with Gasteiger partial charge in [0.1, 0.15) is 6.54 Å². The number of alkyl halides is 3. The minimum absolute atomic E-state index is 0.0484. The van der Waals surface area contributed by atoms with Gasteiger partial charge in [-0.2, -0.15) is 18.3 Å². The highest BCUT2D eigenvalue weighted by molar-refractivity contribution is 6.04. The van der Waals surface area contributed by atoms with Crippen LogP contribution in [0, 0.1) is 13.8 Å². The monoisotopic (exact) mass is 537 g/mol. The third-order valence-electron chi connectivity index (χ3n) is 6.83. The second kappa shape index (κ2) is 11.8. The van der Waals surface area contributed by atoms with E-state index in [4.69, 9.17) is 9.84 Å². The zero-order chi connectivity index (χ0) is 28.2. The highest BCUT2D eigenvalue weighted by Gasteiger charge is 2.35. The molecule has 0 N–H and O–H groups in total. The van der Waals surface area contributed by atoms with E-state index < -0.39 is 23.6 Å². The van der Waals surface area contributed by atoms with Crippen LogP contribution >= 0.6 is 0 Å². The Morgan fingerprint density at radius 2 is 1.69 bits per heavy atom. The Bertz CT molecular complexity index is 1360. The van der Waals surface area contributed by atoms with E-state index in [0.29, 0.717) is 6.42 Å². The molecule has 4 rings (SSSR count).